The molecule has 24 heavy (non-hydrogen) atoms. The molecule has 2 N–H and O–H groups in total. The molecule has 3 aliphatic rings. The van der Waals surface area contributed by atoms with Gasteiger partial charge < -0.3 is 15.3 Å². The molecule has 1 aliphatic heterocycles. The fourth-order valence-corrected chi connectivity index (χ4v) is 5.06. The van der Waals surface area contributed by atoms with Gasteiger partial charge in [-0.05, 0) is 44.1 Å². The molecule has 0 amide bonds. The Morgan fingerprint density at radius 3 is 3.04 bits per heavy atom. The lowest BCUT2D eigenvalue weighted by Crippen LogP contribution is -2.37. The van der Waals surface area contributed by atoms with E-state index in [0.717, 1.165) is 48.6 Å². The zero-order valence-electron chi connectivity index (χ0n) is 13.5. The van der Waals surface area contributed by atoms with Crippen LogP contribution in [0.5, 0.6) is 0 Å². The van der Waals surface area contributed by atoms with Gasteiger partial charge in [-0.2, -0.15) is 4.98 Å². The van der Waals surface area contributed by atoms with Crippen LogP contribution in [0.2, 0.25) is 0 Å². The van der Waals surface area contributed by atoms with E-state index in [-0.39, 0.29) is 12.0 Å². The summed E-state index contributed by atoms with van der Waals surface area (Å²) < 4.78 is 0. The van der Waals surface area contributed by atoms with Crippen molar-refractivity contribution >= 4 is 28.2 Å². The third-order valence-electron chi connectivity index (χ3n) is 5.60. The average molecular weight is 343 g/mol. The van der Waals surface area contributed by atoms with Crippen molar-refractivity contribution in [2.24, 2.45) is 5.41 Å². The first kappa shape index (κ1) is 14.6. The van der Waals surface area contributed by atoms with Crippen LogP contribution in [0, 0.1) is 5.41 Å². The summed E-state index contributed by atoms with van der Waals surface area (Å²) in [4.78, 5) is 17.3. The van der Waals surface area contributed by atoms with Crippen molar-refractivity contribution in [2.75, 3.05) is 23.4 Å². The molecule has 2 atom stereocenters. The Morgan fingerprint density at radius 1 is 1.33 bits per heavy atom. The topological polar surface area (TPSA) is 74.2 Å². The summed E-state index contributed by atoms with van der Waals surface area (Å²) in [5, 5.41) is 13.9. The van der Waals surface area contributed by atoms with E-state index < -0.39 is 0 Å². The Labute approximate surface area is 145 Å². The molecule has 5 rings (SSSR count). The summed E-state index contributed by atoms with van der Waals surface area (Å²) in [6.07, 6.45) is 9.67. The van der Waals surface area contributed by atoms with Crippen molar-refractivity contribution in [3.63, 3.8) is 0 Å². The Balaban J connectivity index is 1.34. The molecule has 126 valence electrons. The standard InChI is InChI=1S/C17H21N5OS/c23-10-17-5-3-12(7-17)22(9-17)15-18-6-4-14(20-15)21-16-19-8-13(24-16)11-1-2-11/h4,6,8,11-12,23H,1-3,5,7,9-10H2,(H,18,19,20,21). The number of anilines is 3. The first-order valence-corrected chi connectivity index (χ1v) is 9.50. The molecule has 7 heteroatoms. The van der Waals surface area contributed by atoms with Gasteiger partial charge >= 0.3 is 0 Å². The Bertz CT molecular complexity index is 761. The van der Waals surface area contributed by atoms with Gasteiger partial charge in [-0.1, -0.05) is 0 Å². The van der Waals surface area contributed by atoms with Gasteiger partial charge in [0, 0.05) is 35.3 Å². The van der Waals surface area contributed by atoms with Crippen LogP contribution in [-0.4, -0.2) is 39.3 Å². The molecular weight excluding hydrogens is 322 g/mol. The Hall–Kier alpha value is -1.73. The molecule has 0 aromatic carbocycles. The minimum Gasteiger partial charge on any atom is -0.396 e. The number of rotatable bonds is 5. The first-order valence-electron chi connectivity index (χ1n) is 8.68. The molecule has 2 aliphatic carbocycles. The molecule has 2 aromatic heterocycles. The van der Waals surface area contributed by atoms with Crippen molar-refractivity contribution in [2.45, 2.75) is 44.1 Å². The van der Waals surface area contributed by atoms with E-state index in [1.165, 1.54) is 17.7 Å². The van der Waals surface area contributed by atoms with Crippen LogP contribution in [0.1, 0.15) is 42.9 Å². The van der Waals surface area contributed by atoms with Crippen LogP contribution in [0.25, 0.3) is 0 Å². The van der Waals surface area contributed by atoms with Gasteiger partial charge in [0.05, 0.1) is 6.61 Å². The number of aliphatic hydroxyl groups is 1. The number of aromatic nitrogens is 3. The smallest absolute Gasteiger partial charge is 0.227 e. The van der Waals surface area contributed by atoms with E-state index in [9.17, 15) is 5.11 Å². The summed E-state index contributed by atoms with van der Waals surface area (Å²) in [6, 6.07) is 2.35. The third-order valence-corrected chi connectivity index (χ3v) is 6.67. The number of piperidine rings is 1. The fourth-order valence-electron chi connectivity index (χ4n) is 4.07. The largest absolute Gasteiger partial charge is 0.396 e. The van der Waals surface area contributed by atoms with Crippen molar-refractivity contribution in [3.8, 4) is 0 Å². The summed E-state index contributed by atoms with van der Waals surface area (Å²) >= 11 is 1.72. The van der Waals surface area contributed by atoms with Crippen LogP contribution in [0.15, 0.2) is 18.5 Å². The van der Waals surface area contributed by atoms with Gasteiger partial charge in [-0.25, -0.2) is 9.97 Å². The number of nitrogens with one attached hydrogen (secondary N) is 1. The van der Waals surface area contributed by atoms with Crippen molar-refractivity contribution in [1.29, 1.82) is 0 Å². The normalized spacial score (nSPS) is 28.5. The quantitative estimate of drug-likeness (QED) is 0.869. The predicted octanol–water partition coefficient (Wildman–Crippen LogP) is 2.91. The highest BCUT2D eigenvalue weighted by molar-refractivity contribution is 7.15. The van der Waals surface area contributed by atoms with E-state index in [1.54, 1.807) is 17.5 Å². The maximum absolute atomic E-state index is 9.72. The SMILES string of the molecule is OCC12CCC(C1)N(c1nccc(Nc3ncc(C4CC4)s3)n1)C2. The molecule has 2 aromatic rings. The molecule has 1 saturated heterocycles. The summed E-state index contributed by atoms with van der Waals surface area (Å²) in [7, 11) is 0. The average Bonchev–Trinajstić information content (AvgIpc) is 3.07. The van der Waals surface area contributed by atoms with Gasteiger partial charge in [0.15, 0.2) is 5.13 Å². The Kier molecular flexibility index (Phi) is 3.28. The van der Waals surface area contributed by atoms with Crippen LogP contribution in [-0.2, 0) is 0 Å². The third kappa shape index (κ3) is 2.46. The van der Waals surface area contributed by atoms with Gasteiger partial charge in [-0.3, -0.25) is 0 Å². The Morgan fingerprint density at radius 2 is 2.25 bits per heavy atom. The summed E-state index contributed by atoms with van der Waals surface area (Å²) in [6.45, 7) is 1.13. The van der Waals surface area contributed by atoms with Crippen molar-refractivity contribution in [1.82, 2.24) is 15.0 Å². The molecule has 2 unspecified atom stereocenters. The molecule has 0 spiro atoms. The van der Waals surface area contributed by atoms with E-state index in [0.29, 0.717) is 6.04 Å². The first-order chi connectivity index (χ1) is 11.7. The van der Waals surface area contributed by atoms with Crippen LogP contribution in [0.3, 0.4) is 0 Å². The van der Waals surface area contributed by atoms with Gasteiger partial charge in [0.1, 0.15) is 5.82 Å². The van der Waals surface area contributed by atoms with Crippen molar-refractivity contribution in [3.05, 3.63) is 23.3 Å². The molecule has 6 nitrogen and oxygen atoms in total. The second-order valence-electron chi connectivity index (χ2n) is 7.39. The van der Waals surface area contributed by atoms with E-state index in [4.69, 9.17) is 4.98 Å². The van der Waals surface area contributed by atoms with Crippen LogP contribution < -0.4 is 10.2 Å². The zero-order chi connectivity index (χ0) is 16.1. The lowest BCUT2D eigenvalue weighted by atomic mass is 9.89. The van der Waals surface area contributed by atoms with E-state index in [2.05, 4.69) is 20.2 Å². The monoisotopic (exact) mass is 343 g/mol. The second-order valence-corrected chi connectivity index (χ2v) is 8.45. The van der Waals surface area contributed by atoms with Gasteiger partial charge in [0.25, 0.3) is 0 Å². The number of hydrogen-bond donors (Lipinski definition) is 2. The zero-order valence-corrected chi connectivity index (χ0v) is 14.3. The highest BCUT2D eigenvalue weighted by Crippen LogP contribution is 2.48. The van der Waals surface area contributed by atoms with Gasteiger partial charge in [-0.15, -0.1) is 11.3 Å². The molecule has 3 fully saturated rings. The number of thiazole rings is 1. The summed E-state index contributed by atoms with van der Waals surface area (Å²) in [5.74, 6) is 2.28. The molecular formula is C17H21N5OS. The molecule has 2 saturated carbocycles. The number of aliphatic hydroxyl groups excluding tert-OH is 1. The van der Waals surface area contributed by atoms with Crippen molar-refractivity contribution < 1.29 is 5.11 Å². The number of nitrogens with zero attached hydrogens (tertiary/aromatic N) is 4. The summed E-state index contributed by atoms with van der Waals surface area (Å²) in [5.41, 5.74) is 0.0614. The molecule has 0 radical (unpaired) electrons. The maximum Gasteiger partial charge on any atom is 0.227 e. The lowest BCUT2D eigenvalue weighted by molar-refractivity contribution is 0.148. The number of hydrogen-bond acceptors (Lipinski definition) is 7. The second kappa shape index (κ2) is 5.39. The van der Waals surface area contributed by atoms with Crippen LogP contribution in [0.4, 0.5) is 16.9 Å². The highest BCUT2D eigenvalue weighted by atomic mass is 32.1. The maximum atomic E-state index is 9.72. The lowest BCUT2D eigenvalue weighted by Gasteiger charge is -2.31. The number of fused-ring (bicyclic) bond motifs is 2. The van der Waals surface area contributed by atoms with E-state index in [1.807, 2.05) is 12.3 Å². The minimum absolute atomic E-state index is 0.0614. The molecule has 2 bridgehead atoms. The fraction of sp³-hybridized carbons (Fsp3) is 0.588. The minimum atomic E-state index is 0.0614. The van der Waals surface area contributed by atoms with Crippen LogP contribution >= 0.6 is 11.3 Å². The van der Waals surface area contributed by atoms with E-state index >= 15 is 0 Å². The van der Waals surface area contributed by atoms with Gasteiger partial charge in [0.2, 0.25) is 5.95 Å². The molecule has 3 heterocycles. The predicted molar refractivity (Wildman–Crippen MR) is 93.9 cm³/mol. The highest BCUT2D eigenvalue weighted by Gasteiger charge is 2.49.